The molecule has 0 amide bonds. The van der Waals surface area contributed by atoms with Gasteiger partial charge in [0.25, 0.3) is 0 Å². The molecule has 0 heterocycles. The molecule has 2 heteroatoms. The van der Waals surface area contributed by atoms with Crippen LogP contribution in [-0.2, 0) is 4.43 Å². The average molecular weight is 309 g/mol. The lowest BCUT2D eigenvalue weighted by Gasteiger charge is -2.38. The van der Waals surface area contributed by atoms with Crippen LogP contribution in [0.25, 0.3) is 0 Å². The third-order valence-electron chi connectivity index (χ3n) is 5.48. The number of rotatable bonds is 7. The van der Waals surface area contributed by atoms with E-state index >= 15 is 0 Å². The van der Waals surface area contributed by atoms with Crippen LogP contribution in [0.1, 0.15) is 65.7 Å². The Hall–Kier alpha value is -0.503. The first-order valence-electron chi connectivity index (χ1n) is 8.65. The standard InChI is InChI=1S/C19H36OSi/c1-8-12-18(17-13-10-9-11-14-17)15-16(2)20-21(6,7)19(3,4)5/h8,17-18H,1-2,9-15H2,3-7H3. The first-order chi connectivity index (χ1) is 9.67. The first-order valence-corrected chi connectivity index (χ1v) is 11.6. The molecule has 1 rings (SSSR count). The van der Waals surface area contributed by atoms with E-state index in [1.807, 2.05) is 0 Å². The van der Waals surface area contributed by atoms with Crippen molar-refractivity contribution in [3.63, 3.8) is 0 Å². The molecule has 1 saturated carbocycles. The highest BCUT2D eigenvalue weighted by atomic mass is 28.4. The van der Waals surface area contributed by atoms with E-state index in [0.29, 0.717) is 5.92 Å². The van der Waals surface area contributed by atoms with Crippen LogP contribution >= 0.6 is 0 Å². The lowest BCUT2D eigenvalue weighted by molar-refractivity contribution is 0.225. The molecule has 1 atom stereocenters. The van der Waals surface area contributed by atoms with Gasteiger partial charge in [-0.15, -0.1) is 6.58 Å². The zero-order chi connectivity index (χ0) is 16.1. The van der Waals surface area contributed by atoms with Crippen LogP contribution in [0, 0.1) is 11.8 Å². The zero-order valence-electron chi connectivity index (χ0n) is 15.0. The van der Waals surface area contributed by atoms with E-state index in [1.165, 1.54) is 32.1 Å². The Morgan fingerprint density at radius 3 is 2.29 bits per heavy atom. The Morgan fingerprint density at radius 2 is 1.81 bits per heavy atom. The van der Waals surface area contributed by atoms with Crippen LogP contribution in [0.4, 0.5) is 0 Å². The van der Waals surface area contributed by atoms with Crippen molar-refractivity contribution in [3.8, 4) is 0 Å². The van der Waals surface area contributed by atoms with Gasteiger partial charge in [-0.25, -0.2) is 0 Å². The predicted molar refractivity (Wildman–Crippen MR) is 96.9 cm³/mol. The van der Waals surface area contributed by atoms with Crippen molar-refractivity contribution < 1.29 is 4.43 Å². The average Bonchev–Trinajstić information content (AvgIpc) is 2.37. The van der Waals surface area contributed by atoms with Crippen LogP contribution in [0.15, 0.2) is 25.0 Å². The number of hydrogen-bond donors (Lipinski definition) is 0. The van der Waals surface area contributed by atoms with Crippen molar-refractivity contribution in [3.05, 3.63) is 25.0 Å². The highest BCUT2D eigenvalue weighted by molar-refractivity contribution is 6.74. The summed E-state index contributed by atoms with van der Waals surface area (Å²) in [5.74, 6) is 2.54. The molecule has 1 unspecified atom stereocenters. The molecule has 122 valence electrons. The number of hydrogen-bond acceptors (Lipinski definition) is 1. The van der Waals surface area contributed by atoms with E-state index in [9.17, 15) is 0 Å². The van der Waals surface area contributed by atoms with E-state index in [-0.39, 0.29) is 5.04 Å². The van der Waals surface area contributed by atoms with Crippen LogP contribution in [0.5, 0.6) is 0 Å². The summed E-state index contributed by atoms with van der Waals surface area (Å²) in [5, 5.41) is 0.245. The first kappa shape index (κ1) is 18.5. The molecule has 1 nitrogen and oxygen atoms in total. The Kier molecular flexibility index (Phi) is 6.77. The second-order valence-corrected chi connectivity index (χ2v) is 13.0. The Balaban J connectivity index is 2.62. The molecule has 1 fully saturated rings. The molecular weight excluding hydrogens is 272 g/mol. The summed E-state index contributed by atoms with van der Waals surface area (Å²) >= 11 is 0. The van der Waals surface area contributed by atoms with Crippen molar-refractivity contribution in [2.75, 3.05) is 0 Å². The Labute approximate surface area is 134 Å². The molecule has 0 radical (unpaired) electrons. The van der Waals surface area contributed by atoms with Gasteiger partial charge in [0.05, 0.1) is 5.76 Å². The van der Waals surface area contributed by atoms with Gasteiger partial charge in [-0.05, 0) is 36.4 Å². The topological polar surface area (TPSA) is 9.23 Å². The molecule has 1 aliphatic rings. The minimum absolute atomic E-state index is 0.245. The van der Waals surface area contributed by atoms with E-state index in [2.05, 4.69) is 53.1 Å². The van der Waals surface area contributed by atoms with Gasteiger partial charge in [-0.2, -0.15) is 0 Å². The summed E-state index contributed by atoms with van der Waals surface area (Å²) in [6.07, 6.45) is 11.2. The van der Waals surface area contributed by atoms with Gasteiger partial charge in [-0.3, -0.25) is 0 Å². The summed E-state index contributed by atoms with van der Waals surface area (Å²) < 4.78 is 6.38. The minimum Gasteiger partial charge on any atom is -0.547 e. The summed E-state index contributed by atoms with van der Waals surface area (Å²) in [6.45, 7) is 19.7. The highest BCUT2D eigenvalue weighted by Crippen LogP contribution is 2.40. The van der Waals surface area contributed by atoms with Crippen LogP contribution in [-0.4, -0.2) is 8.32 Å². The quantitative estimate of drug-likeness (QED) is 0.289. The fraction of sp³-hybridized carbons (Fsp3) is 0.789. The molecule has 1 aliphatic carbocycles. The largest absolute Gasteiger partial charge is 0.547 e. The Morgan fingerprint density at radius 1 is 1.24 bits per heavy atom. The summed E-state index contributed by atoms with van der Waals surface area (Å²) in [7, 11) is -1.73. The predicted octanol–water partition coefficient (Wildman–Crippen LogP) is 6.68. The molecule has 0 aliphatic heterocycles. The monoisotopic (exact) mass is 308 g/mol. The molecule has 0 saturated heterocycles. The van der Waals surface area contributed by atoms with Crippen LogP contribution in [0.2, 0.25) is 18.1 Å². The smallest absolute Gasteiger partial charge is 0.250 e. The maximum Gasteiger partial charge on any atom is 0.250 e. The third-order valence-corrected chi connectivity index (χ3v) is 9.89. The second kappa shape index (κ2) is 7.67. The SMILES string of the molecule is C=CCC(CC(=C)O[Si](C)(C)C(C)(C)C)C1CCCCC1. The Bertz CT molecular complexity index is 345. The van der Waals surface area contributed by atoms with Gasteiger partial charge in [0, 0.05) is 6.42 Å². The fourth-order valence-corrected chi connectivity index (χ4v) is 4.22. The lowest BCUT2D eigenvalue weighted by atomic mass is 9.77. The summed E-state index contributed by atoms with van der Waals surface area (Å²) in [6, 6.07) is 0. The van der Waals surface area contributed by atoms with Gasteiger partial charge in [0.15, 0.2) is 0 Å². The van der Waals surface area contributed by atoms with E-state index in [1.54, 1.807) is 0 Å². The van der Waals surface area contributed by atoms with Gasteiger partial charge >= 0.3 is 0 Å². The van der Waals surface area contributed by atoms with Crippen molar-refractivity contribution in [2.24, 2.45) is 11.8 Å². The maximum atomic E-state index is 6.38. The molecule has 0 spiro atoms. The van der Waals surface area contributed by atoms with Crippen LogP contribution in [0.3, 0.4) is 0 Å². The van der Waals surface area contributed by atoms with Gasteiger partial charge in [0.2, 0.25) is 8.32 Å². The van der Waals surface area contributed by atoms with Crippen molar-refractivity contribution >= 4 is 8.32 Å². The summed E-state index contributed by atoms with van der Waals surface area (Å²) in [4.78, 5) is 0. The molecule has 0 aromatic carbocycles. The molecule has 0 aromatic rings. The zero-order valence-corrected chi connectivity index (χ0v) is 16.0. The normalized spacial score (nSPS) is 19.1. The van der Waals surface area contributed by atoms with E-state index in [0.717, 1.165) is 24.5 Å². The number of allylic oxidation sites excluding steroid dienone is 2. The van der Waals surface area contributed by atoms with Gasteiger partial charge in [-0.1, -0.05) is 65.5 Å². The molecule has 21 heavy (non-hydrogen) atoms. The third kappa shape index (κ3) is 5.65. The van der Waals surface area contributed by atoms with Crippen molar-refractivity contribution in [1.29, 1.82) is 0 Å². The van der Waals surface area contributed by atoms with Crippen LogP contribution < -0.4 is 0 Å². The summed E-state index contributed by atoms with van der Waals surface area (Å²) in [5.41, 5.74) is 0. The maximum absolute atomic E-state index is 6.38. The molecule has 0 N–H and O–H groups in total. The van der Waals surface area contributed by atoms with Crippen molar-refractivity contribution in [1.82, 2.24) is 0 Å². The van der Waals surface area contributed by atoms with Gasteiger partial charge < -0.3 is 4.43 Å². The lowest BCUT2D eigenvalue weighted by Crippen LogP contribution is -2.40. The van der Waals surface area contributed by atoms with Crippen molar-refractivity contribution in [2.45, 2.75) is 83.8 Å². The second-order valence-electron chi connectivity index (χ2n) is 8.29. The molecule has 0 aromatic heterocycles. The highest BCUT2D eigenvalue weighted by Gasteiger charge is 2.39. The van der Waals surface area contributed by atoms with E-state index in [4.69, 9.17) is 4.43 Å². The fourth-order valence-electron chi connectivity index (χ4n) is 3.11. The van der Waals surface area contributed by atoms with Gasteiger partial charge in [0.1, 0.15) is 0 Å². The molecule has 0 bridgehead atoms. The minimum atomic E-state index is -1.73. The molecular formula is C19H36OSi. The van der Waals surface area contributed by atoms with E-state index < -0.39 is 8.32 Å².